The number of nitrogens with zero attached hydrogens (tertiary/aromatic N) is 3. The number of benzene rings is 1. The van der Waals surface area contributed by atoms with Crippen molar-refractivity contribution in [2.75, 3.05) is 7.05 Å². The highest BCUT2D eigenvalue weighted by molar-refractivity contribution is 6.02. The second kappa shape index (κ2) is 8.54. The normalized spacial score (nSPS) is 16.0. The van der Waals surface area contributed by atoms with E-state index in [-0.39, 0.29) is 23.2 Å². The van der Waals surface area contributed by atoms with Gasteiger partial charge in [0.05, 0.1) is 5.39 Å². The number of fused-ring (bicyclic) bond motifs is 1. The molecule has 2 aromatic rings. The zero-order valence-electron chi connectivity index (χ0n) is 16.7. The van der Waals surface area contributed by atoms with E-state index in [9.17, 15) is 14.4 Å². The third kappa shape index (κ3) is 3.93. The van der Waals surface area contributed by atoms with Crippen LogP contribution in [0.15, 0.2) is 29.1 Å². The van der Waals surface area contributed by atoms with Gasteiger partial charge < -0.3 is 9.64 Å². The lowest BCUT2D eigenvalue weighted by Crippen LogP contribution is -2.44. The first-order valence-corrected chi connectivity index (χ1v) is 9.91. The Morgan fingerprint density at radius 1 is 1.21 bits per heavy atom. The predicted octanol–water partition coefficient (Wildman–Crippen LogP) is 2.75. The van der Waals surface area contributed by atoms with E-state index < -0.39 is 12.1 Å². The van der Waals surface area contributed by atoms with Crippen LogP contribution in [0.5, 0.6) is 0 Å². The monoisotopic (exact) mass is 385 g/mol. The minimum atomic E-state index is -0.915. The molecule has 0 saturated heterocycles. The Kier molecular flexibility index (Phi) is 6.11. The molecule has 1 fully saturated rings. The van der Waals surface area contributed by atoms with Crippen LogP contribution >= 0.6 is 0 Å². The van der Waals surface area contributed by atoms with E-state index in [1.807, 2.05) is 0 Å². The molecule has 1 atom stereocenters. The van der Waals surface area contributed by atoms with E-state index in [1.54, 1.807) is 50.1 Å². The molecule has 1 amide bonds. The van der Waals surface area contributed by atoms with Gasteiger partial charge in [0.15, 0.2) is 11.8 Å². The number of rotatable bonds is 5. The number of amides is 1. The largest absolute Gasteiger partial charge is 0.448 e. The van der Waals surface area contributed by atoms with Crippen LogP contribution in [0.1, 0.15) is 56.4 Å². The second-order valence-electron chi connectivity index (χ2n) is 7.30. The first-order valence-electron chi connectivity index (χ1n) is 9.91. The average molecular weight is 385 g/mol. The van der Waals surface area contributed by atoms with E-state index in [0.717, 1.165) is 25.7 Å². The zero-order chi connectivity index (χ0) is 20.3. The molecule has 1 aliphatic rings. The summed E-state index contributed by atoms with van der Waals surface area (Å²) < 4.78 is 6.69. The number of carbonyl (C=O) groups is 2. The van der Waals surface area contributed by atoms with Gasteiger partial charge in [-0.3, -0.25) is 9.59 Å². The van der Waals surface area contributed by atoms with Gasteiger partial charge >= 0.3 is 5.97 Å². The Labute approximate surface area is 164 Å². The summed E-state index contributed by atoms with van der Waals surface area (Å²) in [5.41, 5.74) is -0.201. The number of ether oxygens (including phenoxy) is 1. The van der Waals surface area contributed by atoms with Crippen LogP contribution in [0.25, 0.3) is 10.8 Å². The molecule has 1 aliphatic carbocycles. The third-order valence-electron chi connectivity index (χ3n) is 5.46. The van der Waals surface area contributed by atoms with Crippen LogP contribution in [0.2, 0.25) is 0 Å². The van der Waals surface area contributed by atoms with Crippen LogP contribution < -0.4 is 5.56 Å². The van der Waals surface area contributed by atoms with Gasteiger partial charge in [0.25, 0.3) is 11.5 Å². The van der Waals surface area contributed by atoms with Gasteiger partial charge in [-0.05, 0) is 32.8 Å². The molecule has 0 bridgehead atoms. The molecule has 0 unspecified atom stereocenters. The van der Waals surface area contributed by atoms with Crippen molar-refractivity contribution >= 4 is 22.6 Å². The number of carbonyl (C=O) groups excluding carboxylic acids is 2. The van der Waals surface area contributed by atoms with Gasteiger partial charge in [-0.25, -0.2) is 9.48 Å². The number of likely N-dealkylation sites (N-methyl/N-ethyl adjacent to an activating group) is 1. The van der Waals surface area contributed by atoms with Crippen molar-refractivity contribution in [2.24, 2.45) is 0 Å². The molecule has 1 aromatic carbocycles. The molecular weight excluding hydrogens is 358 g/mol. The minimum Gasteiger partial charge on any atom is -0.448 e. The quantitative estimate of drug-likeness (QED) is 0.739. The maximum absolute atomic E-state index is 12.8. The van der Waals surface area contributed by atoms with Gasteiger partial charge in [-0.2, -0.15) is 5.10 Å². The van der Waals surface area contributed by atoms with Crippen LogP contribution in [0.3, 0.4) is 0 Å². The standard InChI is InChI=1S/C21H27N3O4/c1-4-24-20(26)17-13-9-8-12-16(17)18(22-24)21(27)28-14(2)19(25)23(3)15-10-6-5-7-11-15/h8-9,12-15H,4-7,10-11H2,1-3H3/t14-/m1/s1. The summed E-state index contributed by atoms with van der Waals surface area (Å²) >= 11 is 0. The molecule has 28 heavy (non-hydrogen) atoms. The van der Waals surface area contributed by atoms with Crippen LogP contribution in [-0.2, 0) is 16.1 Å². The van der Waals surface area contributed by atoms with Gasteiger partial charge in [0, 0.05) is 25.0 Å². The van der Waals surface area contributed by atoms with Crippen molar-refractivity contribution in [3.8, 4) is 0 Å². The van der Waals surface area contributed by atoms with Crippen molar-refractivity contribution in [1.29, 1.82) is 0 Å². The molecular formula is C21H27N3O4. The number of esters is 1. The highest BCUT2D eigenvalue weighted by Crippen LogP contribution is 2.22. The molecule has 3 rings (SSSR count). The average Bonchev–Trinajstić information content (AvgIpc) is 2.73. The molecule has 1 saturated carbocycles. The lowest BCUT2D eigenvalue weighted by Gasteiger charge is -2.32. The highest BCUT2D eigenvalue weighted by Gasteiger charge is 2.29. The third-order valence-corrected chi connectivity index (χ3v) is 5.46. The molecule has 150 valence electrons. The Bertz CT molecular complexity index is 931. The van der Waals surface area contributed by atoms with Gasteiger partial charge in [0.1, 0.15) is 0 Å². The van der Waals surface area contributed by atoms with Crippen molar-refractivity contribution in [2.45, 2.75) is 64.6 Å². The van der Waals surface area contributed by atoms with Gasteiger partial charge in [-0.1, -0.05) is 37.5 Å². The van der Waals surface area contributed by atoms with Gasteiger partial charge in [-0.15, -0.1) is 0 Å². The second-order valence-corrected chi connectivity index (χ2v) is 7.30. The first kappa shape index (κ1) is 20.0. The fourth-order valence-electron chi connectivity index (χ4n) is 3.80. The number of aryl methyl sites for hydroxylation is 1. The predicted molar refractivity (Wildman–Crippen MR) is 106 cm³/mol. The number of aromatic nitrogens is 2. The summed E-state index contributed by atoms with van der Waals surface area (Å²) in [5, 5.41) is 5.01. The first-order chi connectivity index (χ1) is 13.4. The minimum absolute atomic E-state index is 0.0528. The number of hydrogen-bond donors (Lipinski definition) is 0. The Hall–Kier alpha value is -2.70. The summed E-state index contributed by atoms with van der Waals surface area (Å²) in [4.78, 5) is 39.6. The lowest BCUT2D eigenvalue weighted by atomic mass is 9.94. The summed E-state index contributed by atoms with van der Waals surface area (Å²) in [6, 6.07) is 7.00. The van der Waals surface area contributed by atoms with Crippen LogP contribution in [0, 0.1) is 0 Å². The van der Waals surface area contributed by atoms with Crippen molar-refractivity contribution in [3.05, 3.63) is 40.3 Å². The summed E-state index contributed by atoms with van der Waals surface area (Å²) in [6.07, 6.45) is 4.49. The molecule has 0 spiro atoms. The molecule has 0 N–H and O–H groups in total. The molecule has 7 nitrogen and oxygen atoms in total. The maximum atomic E-state index is 12.8. The Balaban J connectivity index is 1.81. The molecule has 1 aromatic heterocycles. The smallest absolute Gasteiger partial charge is 0.360 e. The van der Waals surface area contributed by atoms with Crippen molar-refractivity contribution < 1.29 is 14.3 Å². The Morgan fingerprint density at radius 2 is 1.86 bits per heavy atom. The van der Waals surface area contributed by atoms with Crippen LogP contribution in [0.4, 0.5) is 0 Å². The topological polar surface area (TPSA) is 81.5 Å². The fourth-order valence-corrected chi connectivity index (χ4v) is 3.80. The number of hydrogen-bond acceptors (Lipinski definition) is 5. The van der Waals surface area contributed by atoms with Crippen LogP contribution in [-0.4, -0.2) is 45.8 Å². The summed E-state index contributed by atoms with van der Waals surface area (Å²) in [5.74, 6) is -0.912. The molecule has 0 aliphatic heterocycles. The lowest BCUT2D eigenvalue weighted by molar-refractivity contribution is -0.141. The zero-order valence-corrected chi connectivity index (χ0v) is 16.7. The SMILES string of the molecule is CCn1nc(C(=O)O[C@H](C)C(=O)N(C)C2CCCCC2)c2ccccc2c1=O. The van der Waals surface area contributed by atoms with Crippen molar-refractivity contribution in [3.63, 3.8) is 0 Å². The summed E-state index contributed by atoms with van der Waals surface area (Å²) in [7, 11) is 1.77. The van der Waals surface area contributed by atoms with E-state index in [1.165, 1.54) is 11.1 Å². The molecule has 1 heterocycles. The Morgan fingerprint density at radius 3 is 2.50 bits per heavy atom. The van der Waals surface area contributed by atoms with E-state index in [4.69, 9.17) is 4.74 Å². The van der Waals surface area contributed by atoms with E-state index >= 15 is 0 Å². The highest BCUT2D eigenvalue weighted by atomic mass is 16.5. The fraction of sp³-hybridized carbons (Fsp3) is 0.524. The van der Waals surface area contributed by atoms with E-state index in [2.05, 4.69) is 5.10 Å². The van der Waals surface area contributed by atoms with Crippen molar-refractivity contribution in [1.82, 2.24) is 14.7 Å². The summed E-state index contributed by atoms with van der Waals surface area (Å²) in [6.45, 7) is 3.70. The maximum Gasteiger partial charge on any atom is 0.360 e. The molecule has 0 radical (unpaired) electrons. The molecule has 7 heteroatoms. The van der Waals surface area contributed by atoms with E-state index in [0.29, 0.717) is 17.3 Å². The van der Waals surface area contributed by atoms with Gasteiger partial charge in [0.2, 0.25) is 0 Å².